The minimum Gasteiger partial charge on any atom is -0.444 e. The number of hydrogen-bond donors (Lipinski definition) is 2. The second-order valence-electron chi connectivity index (χ2n) is 8.13. The predicted molar refractivity (Wildman–Crippen MR) is 138 cm³/mol. The number of carbonyl (C=O) groups excluding carboxylic acids is 5. The van der Waals surface area contributed by atoms with Crippen molar-refractivity contribution in [2.24, 2.45) is 0 Å². The normalized spacial score (nSPS) is 16.6. The van der Waals surface area contributed by atoms with Gasteiger partial charge < -0.3 is 15.2 Å². The van der Waals surface area contributed by atoms with Crippen LogP contribution >= 0.6 is 11.6 Å². The van der Waals surface area contributed by atoms with Crippen LogP contribution in [-0.4, -0.2) is 47.8 Å². The van der Waals surface area contributed by atoms with Gasteiger partial charge in [-0.1, -0.05) is 23.7 Å². The summed E-state index contributed by atoms with van der Waals surface area (Å²) in [6.07, 6.45) is -5.68. The molecule has 15 heteroatoms. The summed E-state index contributed by atoms with van der Waals surface area (Å²) in [4.78, 5) is 51.5. The van der Waals surface area contributed by atoms with Crippen molar-refractivity contribution in [3.05, 3.63) is 69.8 Å². The van der Waals surface area contributed by atoms with Crippen LogP contribution in [0.1, 0.15) is 33.3 Å². The molecule has 2 aromatic carbocycles. The van der Waals surface area contributed by atoms with Crippen LogP contribution in [0.4, 0.5) is 40.7 Å². The van der Waals surface area contributed by atoms with E-state index in [0.29, 0.717) is 10.7 Å². The van der Waals surface area contributed by atoms with Crippen LogP contribution in [0.2, 0.25) is 5.02 Å². The van der Waals surface area contributed by atoms with Gasteiger partial charge in [-0.2, -0.15) is 32.3 Å². The number of aliphatic hydroxyl groups excluding tert-OH is 1. The van der Waals surface area contributed by atoms with E-state index in [1.54, 1.807) is 39.0 Å². The number of benzene rings is 2. The fourth-order valence-corrected chi connectivity index (χ4v) is 3.32. The average molecular weight is 597 g/mol. The quantitative estimate of drug-likeness (QED) is 0.416. The molecule has 218 valence electrons. The topological polar surface area (TPSA) is 139 Å². The number of rotatable bonds is 4. The molecule has 3 rings (SSSR count). The molecule has 0 aromatic heterocycles. The molecular weight excluding hydrogens is 573 g/mol. The Bertz CT molecular complexity index is 1330. The molecule has 4 atom stereocenters. The minimum absolute atomic E-state index is 0.0557. The number of nitrogens with zero attached hydrogens (tertiary/aromatic N) is 3. The first-order chi connectivity index (χ1) is 19.1. The highest BCUT2D eigenvalue weighted by Crippen LogP contribution is 2.40. The second kappa shape index (κ2) is 17.1. The van der Waals surface area contributed by atoms with Crippen molar-refractivity contribution in [3.8, 4) is 0 Å². The summed E-state index contributed by atoms with van der Waals surface area (Å²) in [6, 6.07) is 7.89. The fraction of sp³-hybridized carbons (Fsp3) is 0.346. The lowest BCUT2D eigenvalue weighted by atomic mass is 10.1. The molecule has 11 nitrogen and oxygen atoms in total. The molecule has 1 amide bonds. The number of amides is 1. The van der Waals surface area contributed by atoms with Crippen molar-refractivity contribution in [1.29, 1.82) is 0 Å². The van der Waals surface area contributed by atoms with Gasteiger partial charge in [-0.3, -0.25) is 4.90 Å². The lowest BCUT2D eigenvalue weighted by Crippen LogP contribution is -2.33. The first-order valence-electron chi connectivity index (χ1n) is 11.3. The van der Waals surface area contributed by atoms with Gasteiger partial charge in [-0.05, 0) is 52.0 Å². The maximum Gasteiger partial charge on any atom is 0.415 e. The van der Waals surface area contributed by atoms with Crippen LogP contribution in [0.25, 0.3) is 9.69 Å². The number of carbonyl (C=O) groups is 1. The van der Waals surface area contributed by atoms with Gasteiger partial charge in [0.15, 0.2) is 5.69 Å². The Kier molecular flexibility index (Phi) is 15.1. The number of alkyl halides is 3. The molecule has 1 aliphatic heterocycles. The summed E-state index contributed by atoms with van der Waals surface area (Å²) in [5.41, 5.74) is -0.224. The van der Waals surface area contributed by atoms with Crippen LogP contribution < -0.4 is 10.2 Å². The van der Waals surface area contributed by atoms with Gasteiger partial charge in [0, 0.05) is 22.4 Å². The van der Waals surface area contributed by atoms with Gasteiger partial charge >= 0.3 is 24.6 Å². The van der Waals surface area contributed by atoms with Crippen molar-refractivity contribution in [1.82, 2.24) is 0 Å². The van der Waals surface area contributed by atoms with Crippen LogP contribution in [0.5, 0.6) is 0 Å². The zero-order valence-electron chi connectivity index (χ0n) is 22.0. The Morgan fingerprint density at radius 1 is 1.02 bits per heavy atom. The zero-order valence-corrected chi connectivity index (χ0v) is 22.8. The summed E-state index contributed by atoms with van der Waals surface area (Å²) in [5, 5.41) is 12.8. The molecule has 0 saturated carbocycles. The highest BCUT2D eigenvalue weighted by atomic mass is 35.5. The van der Waals surface area contributed by atoms with E-state index in [1.807, 2.05) is 6.92 Å². The van der Waals surface area contributed by atoms with E-state index in [2.05, 4.69) is 15.0 Å². The summed E-state index contributed by atoms with van der Waals surface area (Å²) < 4.78 is 43.7. The predicted octanol–water partition coefficient (Wildman–Crippen LogP) is 5.89. The third-order valence-electron chi connectivity index (χ3n) is 5.44. The molecule has 41 heavy (non-hydrogen) atoms. The maximum atomic E-state index is 12.9. The second-order valence-corrected chi connectivity index (χ2v) is 8.54. The van der Waals surface area contributed by atoms with Crippen LogP contribution in [0.3, 0.4) is 0 Å². The molecule has 0 radical (unpaired) electrons. The van der Waals surface area contributed by atoms with Crippen molar-refractivity contribution in [3.63, 3.8) is 0 Å². The summed E-state index contributed by atoms with van der Waals surface area (Å²) in [7, 11) is 0. The molecule has 1 saturated heterocycles. The van der Waals surface area contributed by atoms with Gasteiger partial charge in [0.25, 0.3) is 0 Å². The van der Waals surface area contributed by atoms with E-state index in [1.165, 1.54) is 6.07 Å². The van der Waals surface area contributed by atoms with Crippen molar-refractivity contribution in [2.45, 2.75) is 58.2 Å². The number of halogens is 4. The highest BCUT2D eigenvalue weighted by molar-refractivity contribution is 6.33. The fourth-order valence-electron chi connectivity index (χ4n) is 3.10. The van der Waals surface area contributed by atoms with E-state index < -0.39 is 35.7 Å². The van der Waals surface area contributed by atoms with Crippen LogP contribution in [0, 0.1) is 13.1 Å². The monoisotopic (exact) mass is 596 g/mol. The van der Waals surface area contributed by atoms with E-state index in [0.717, 1.165) is 22.7 Å². The van der Waals surface area contributed by atoms with Gasteiger partial charge in [0.2, 0.25) is 5.69 Å². The minimum atomic E-state index is -4.64. The molecule has 1 aliphatic rings. The number of hydrogen-bond acceptors (Lipinski definition) is 8. The molecule has 0 unspecified atom stereocenters. The smallest absolute Gasteiger partial charge is 0.415 e. The van der Waals surface area contributed by atoms with Crippen LogP contribution in [-0.2, 0) is 30.1 Å². The maximum absolute atomic E-state index is 12.9. The Hall–Kier alpha value is -4.71. The third kappa shape index (κ3) is 11.1. The molecule has 0 spiro atoms. The van der Waals surface area contributed by atoms with Gasteiger partial charge in [0.05, 0.1) is 30.9 Å². The molecular formula is C26H24ClF3N4O7. The standard InChI is InChI=1S/C13H11F3N2O2.C11H13ClN2O.2CO2/c1-7-8(2)20-12(19)18(7)9-4-5-11(17-3)10(6-9)13(14,15)16;1-7(8(2)15)14-9-4-5-11(13-3)10(12)6-9;2*2-1-3/h4-8H,1-2H3;4-8,14-15H,1-2H3;;/t2*7-,8-;;/m00../s1. The first-order valence-corrected chi connectivity index (χ1v) is 11.7. The Labute approximate surface area is 238 Å². The lowest BCUT2D eigenvalue weighted by molar-refractivity contribution is -0.193. The van der Waals surface area contributed by atoms with Gasteiger partial charge in [-0.25, -0.2) is 14.5 Å². The van der Waals surface area contributed by atoms with E-state index in [4.69, 9.17) is 48.7 Å². The number of anilines is 2. The average Bonchev–Trinajstić information content (AvgIpc) is 3.15. The largest absolute Gasteiger partial charge is 0.444 e. The molecule has 1 heterocycles. The molecule has 2 N–H and O–H groups in total. The zero-order chi connectivity index (χ0) is 31.9. The Morgan fingerprint density at radius 3 is 1.93 bits per heavy atom. The van der Waals surface area contributed by atoms with Crippen molar-refractivity contribution >= 4 is 52.7 Å². The van der Waals surface area contributed by atoms with Gasteiger partial charge in [-0.15, -0.1) is 0 Å². The number of aliphatic hydroxyl groups is 1. The number of nitrogens with one attached hydrogen (secondary N) is 1. The number of ether oxygens (including phenoxy) is 1. The molecule has 2 aromatic rings. The van der Waals surface area contributed by atoms with Crippen molar-refractivity contribution < 1.29 is 47.0 Å². The summed E-state index contributed by atoms with van der Waals surface area (Å²) in [6.45, 7) is 20.6. The molecule has 0 aliphatic carbocycles. The third-order valence-corrected chi connectivity index (χ3v) is 5.74. The lowest BCUT2D eigenvalue weighted by Gasteiger charge is -2.21. The summed E-state index contributed by atoms with van der Waals surface area (Å²) >= 11 is 5.88. The molecule has 1 fully saturated rings. The Morgan fingerprint density at radius 2 is 1.54 bits per heavy atom. The summed E-state index contributed by atoms with van der Waals surface area (Å²) in [5.74, 6) is 0. The van der Waals surface area contributed by atoms with E-state index in [9.17, 15) is 23.1 Å². The SMILES string of the molecule is O=C=O.O=C=O.[C-]#[N+]c1ccc(N2C(=O)O[C@@H](C)[C@@H]2C)cc1C(F)(F)F.[C-]#[N+]c1ccc(N[C@@H](C)[C@H](C)O)cc1Cl. The van der Waals surface area contributed by atoms with Crippen LogP contribution in [0.15, 0.2) is 36.4 Å². The van der Waals surface area contributed by atoms with E-state index in [-0.39, 0.29) is 30.1 Å². The number of cyclic esters (lactones) is 1. The Balaban J connectivity index is 0.000000673. The molecule has 0 bridgehead atoms. The van der Waals surface area contributed by atoms with Gasteiger partial charge in [0.1, 0.15) is 6.10 Å². The highest BCUT2D eigenvalue weighted by Gasteiger charge is 2.39. The van der Waals surface area contributed by atoms with E-state index >= 15 is 0 Å². The van der Waals surface area contributed by atoms with Crippen molar-refractivity contribution in [2.75, 3.05) is 10.2 Å². The first kappa shape index (κ1) is 36.3.